The molecule has 0 spiro atoms. The van der Waals surface area contributed by atoms with Gasteiger partial charge in [0.05, 0.1) is 11.0 Å². The Morgan fingerprint density at radius 2 is 0.481 bits per heavy atom. The van der Waals surface area contributed by atoms with Gasteiger partial charge in [-0.05, 0) is 159 Å². The molecule has 1 aromatic heterocycles. The second kappa shape index (κ2) is 19.6. The van der Waals surface area contributed by atoms with Crippen molar-refractivity contribution < 1.29 is 0 Å². The molecule has 0 atom stereocenters. The summed E-state index contributed by atoms with van der Waals surface area (Å²) in [7, 11) is 0. The van der Waals surface area contributed by atoms with Crippen molar-refractivity contribution in [1.82, 2.24) is 4.57 Å². The van der Waals surface area contributed by atoms with Crippen LogP contribution in [0, 0.1) is 0 Å². The minimum Gasteiger partial charge on any atom is -0.309 e. The fourth-order valence-electron chi connectivity index (χ4n) is 11.8. The van der Waals surface area contributed by atoms with E-state index in [4.69, 9.17) is 0 Å². The maximum Gasteiger partial charge on any atom is 0.0541 e. The van der Waals surface area contributed by atoms with E-state index in [1.54, 1.807) is 0 Å². The highest BCUT2D eigenvalue weighted by Crippen LogP contribution is 2.45. The first-order chi connectivity index (χ1) is 38.2. The van der Waals surface area contributed by atoms with Gasteiger partial charge in [0, 0.05) is 16.5 Å². The van der Waals surface area contributed by atoms with Crippen LogP contribution in [0.1, 0.15) is 0 Å². The van der Waals surface area contributed by atoms with Gasteiger partial charge in [0.15, 0.2) is 0 Å². The average Bonchev–Trinajstić information content (AvgIpc) is 3.94. The molecule has 0 saturated heterocycles. The Kier molecular flexibility index (Phi) is 11.6. The normalized spacial score (nSPS) is 11.4. The quantitative estimate of drug-likeness (QED) is 0.129. The van der Waals surface area contributed by atoms with Crippen LogP contribution in [0.15, 0.2) is 309 Å². The molecule has 14 aromatic rings. The molecule has 14 rings (SSSR count). The second-order valence-electron chi connectivity index (χ2n) is 19.9. The summed E-state index contributed by atoms with van der Waals surface area (Å²) in [5, 5.41) is 4.90. The Morgan fingerprint density at radius 3 is 0.948 bits per heavy atom. The highest BCUT2D eigenvalue weighted by molar-refractivity contribution is 6.12. The van der Waals surface area contributed by atoms with Gasteiger partial charge >= 0.3 is 0 Å². The van der Waals surface area contributed by atoms with E-state index in [1.165, 1.54) is 122 Å². The van der Waals surface area contributed by atoms with Gasteiger partial charge in [-0.1, -0.05) is 261 Å². The van der Waals surface area contributed by atoms with Gasteiger partial charge in [-0.3, -0.25) is 0 Å². The average molecular weight is 978 g/mol. The zero-order chi connectivity index (χ0) is 51.1. The number of rotatable bonds is 10. The van der Waals surface area contributed by atoms with Gasteiger partial charge in [0.2, 0.25) is 0 Å². The lowest BCUT2D eigenvalue weighted by molar-refractivity contribution is 1.18. The maximum atomic E-state index is 2.45. The van der Waals surface area contributed by atoms with Crippen molar-refractivity contribution in [1.29, 1.82) is 0 Å². The van der Waals surface area contributed by atoms with E-state index < -0.39 is 0 Å². The van der Waals surface area contributed by atoms with Crippen LogP contribution < -0.4 is 0 Å². The number of fused-ring (bicyclic) bond motifs is 4. The van der Waals surface area contributed by atoms with Crippen LogP contribution in [-0.2, 0) is 0 Å². The number of benzene rings is 13. The smallest absolute Gasteiger partial charge is 0.0541 e. The summed E-state index contributed by atoms with van der Waals surface area (Å²) in [5.41, 5.74) is 25.0. The minimum absolute atomic E-state index is 1.12. The van der Waals surface area contributed by atoms with E-state index in [-0.39, 0.29) is 0 Å². The minimum atomic E-state index is 1.12. The van der Waals surface area contributed by atoms with E-state index >= 15 is 0 Å². The molecule has 13 aromatic carbocycles. The Balaban J connectivity index is 0.960. The second-order valence-corrected chi connectivity index (χ2v) is 19.9. The number of nitrogens with zero attached hydrogens (tertiary/aromatic N) is 1. The van der Waals surface area contributed by atoms with Gasteiger partial charge in [0.25, 0.3) is 0 Å². The van der Waals surface area contributed by atoms with Crippen LogP contribution in [-0.4, -0.2) is 4.57 Å². The first kappa shape index (κ1) is 45.5. The zero-order valence-electron chi connectivity index (χ0n) is 42.4. The molecule has 0 amide bonds. The lowest BCUT2D eigenvalue weighted by Gasteiger charge is -2.16. The van der Waals surface area contributed by atoms with E-state index in [9.17, 15) is 0 Å². The van der Waals surface area contributed by atoms with Crippen molar-refractivity contribution in [2.24, 2.45) is 0 Å². The maximum absolute atomic E-state index is 2.45. The molecule has 1 heteroatoms. The lowest BCUT2D eigenvalue weighted by atomic mass is 9.88. The van der Waals surface area contributed by atoms with E-state index in [0.717, 1.165) is 16.7 Å². The Hall–Kier alpha value is -10.1. The Bertz CT molecular complexity index is 4220. The third kappa shape index (κ3) is 8.41. The molecule has 0 N–H and O–H groups in total. The Morgan fingerprint density at radius 1 is 0.169 bits per heavy atom. The molecule has 1 nitrogen and oxygen atoms in total. The molecule has 0 radical (unpaired) electrons. The van der Waals surface area contributed by atoms with Gasteiger partial charge < -0.3 is 4.57 Å². The number of hydrogen-bond donors (Lipinski definition) is 0. The van der Waals surface area contributed by atoms with Crippen molar-refractivity contribution in [3.05, 3.63) is 309 Å². The number of aromatic nitrogens is 1. The molecule has 0 saturated carbocycles. The largest absolute Gasteiger partial charge is 0.309 e. The molecule has 77 heavy (non-hydrogen) atoms. The van der Waals surface area contributed by atoms with Crippen molar-refractivity contribution in [3.8, 4) is 106 Å². The van der Waals surface area contributed by atoms with Gasteiger partial charge in [-0.25, -0.2) is 0 Å². The van der Waals surface area contributed by atoms with E-state index in [0.29, 0.717) is 0 Å². The van der Waals surface area contributed by atoms with Crippen molar-refractivity contribution >= 4 is 32.6 Å². The van der Waals surface area contributed by atoms with Gasteiger partial charge in [0.1, 0.15) is 0 Å². The van der Waals surface area contributed by atoms with Crippen LogP contribution in [0.3, 0.4) is 0 Å². The molecule has 0 aliphatic carbocycles. The third-order valence-electron chi connectivity index (χ3n) is 15.5. The predicted octanol–water partition coefficient (Wildman–Crippen LogP) is 20.9. The highest BCUT2D eigenvalue weighted by atomic mass is 15.0. The standard InChI is InChI=1S/C76H51N/c1-5-20-52(21-6-1)64-31-15-17-33-67(64)58-38-44-69(71(48-58)55-24-9-3-10-25-55)60-40-46-75-73(50-60)74-51-61(41-47-76(74)77(75)62-42-36-57(37-43-62)66-35-19-29-54-28-13-14-30-63(54)66)70-45-39-59(49-72(70)56-26-11-4-12-27-56)68-34-18-16-32-65(68)53-22-7-2-8-23-53/h1-51H. The molecule has 360 valence electrons. The van der Waals surface area contributed by atoms with E-state index in [1.807, 2.05) is 0 Å². The molecular weight excluding hydrogens is 927 g/mol. The SMILES string of the molecule is c1ccc(-c2ccccc2-c2ccc(-c3ccc4c(c3)c3cc(-c5ccc(-c6ccccc6-c6ccccc6)cc5-c5ccccc5)ccc3n4-c3ccc(-c4cccc5ccccc45)cc3)c(-c3ccccc3)c2)cc1. The van der Waals surface area contributed by atoms with Crippen molar-refractivity contribution in [3.63, 3.8) is 0 Å². The van der Waals surface area contributed by atoms with Gasteiger partial charge in [-0.15, -0.1) is 0 Å². The Labute approximate surface area is 449 Å². The molecule has 0 aliphatic heterocycles. The third-order valence-corrected chi connectivity index (χ3v) is 15.5. The van der Waals surface area contributed by atoms with Crippen LogP contribution in [0.5, 0.6) is 0 Å². The molecule has 1 heterocycles. The molecule has 0 unspecified atom stereocenters. The lowest BCUT2D eigenvalue weighted by Crippen LogP contribution is -1.94. The summed E-state index contributed by atoms with van der Waals surface area (Å²) < 4.78 is 2.45. The van der Waals surface area contributed by atoms with E-state index in [2.05, 4.69) is 314 Å². The van der Waals surface area contributed by atoms with Crippen LogP contribution in [0.25, 0.3) is 138 Å². The molecule has 0 aliphatic rings. The fraction of sp³-hybridized carbons (Fsp3) is 0. The summed E-state index contributed by atoms with van der Waals surface area (Å²) in [6.45, 7) is 0. The summed E-state index contributed by atoms with van der Waals surface area (Å²) in [6, 6.07) is 113. The first-order valence-electron chi connectivity index (χ1n) is 26.6. The number of hydrogen-bond acceptors (Lipinski definition) is 0. The molecule has 0 bridgehead atoms. The van der Waals surface area contributed by atoms with Crippen LogP contribution >= 0.6 is 0 Å². The van der Waals surface area contributed by atoms with Crippen molar-refractivity contribution in [2.45, 2.75) is 0 Å². The summed E-state index contributed by atoms with van der Waals surface area (Å²) in [6.07, 6.45) is 0. The van der Waals surface area contributed by atoms with Crippen molar-refractivity contribution in [2.75, 3.05) is 0 Å². The first-order valence-corrected chi connectivity index (χ1v) is 26.6. The summed E-state index contributed by atoms with van der Waals surface area (Å²) >= 11 is 0. The summed E-state index contributed by atoms with van der Waals surface area (Å²) in [4.78, 5) is 0. The van der Waals surface area contributed by atoms with Crippen LogP contribution in [0.2, 0.25) is 0 Å². The summed E-state index contributed by atoms with van der Waals surface area (Å²) in [5.74, 6) is 0. The fourth-order valence-corrected chi connectivity index (χ4v) is 11.8. The monoisotopic (exact) mass is 977 g/mol. The topological polar surface area (TPSA) is 4.93 Å². The zero-order valence-corrected chi connectivity index (χ0v) is 42.4. The molecule has 0 fully saturated rings. The molecular formula is C76H51N. The highest BCUT2D eigenvalue weighted by Gasteiger charge is 2.20. The van der Waals surface area contributed by atoms with Crippen LogP contribution in [0.4, 0.5) is 0 Å². The van der Waals surface area contributed by atoms with Gasteiger partial charge in [-0.2, -0.15) is 0 Å². The predicted molar refractivity (Wildman–Crippen MR) is 327 cm³/mol.